The summed E-state index contributed by atoms with van der Waals surface area (Å²) in [6.07, 6.45) is 1.06. The van der Waals surface area contributed by atoms with E-state index in [9.17, 15) is 4.79 Å². The highest BCUT2D eigenvalue weighted by molar-refractivity contribution is 9.11. The molecule has 0 spiro atoms. The topological polar surface area (TPSA) is 58.4 Å². The van der Waals surface area contributed by atoms with E-state index in [1.165, 1.54) is 14.2 Å². The third-order valence-corrected chi connectivity index (χ3v) is 6.45. The minimum absolute atomic E-state index is 0.0492. The number of fused-ring (bicyclic) bond motifs is 1. The van der Waals surface area contributed by atoms with Crippen LogP contribution in [0.1, 0.15) is 40.7 Å². The van der Waals surface area contributed by atoms with E-state index in [2.05, 4.69) is 46.1 Å². The van der Waals surface area contributed by atoms with E-state index in [0.29, 0.717) is 29.9 Å². The number of nitrogens with two attached hydrogens (primary N) is 1. The Balaban J connectivity index is 1.58. The van der Waals surface area contributed by atoms with Gasteiger partial charge in [-0.3, -0.25) is 9.69 Å². The lowest BCUT2D eigenvalue weighted by Crippen LogP contribution is -2.44. The van der Waals surface area contributed by atoms with Gasteiger partial charge in [-0.1, -0.05) is 0 Å². The average molecular weight is 408 g/mol. The Morgan fingerprint density at radius 3 is 2.79 bits per heavy atom. The summed E-state index contributed by atoms with van der Waals surface area (Å²) in [6, 6.07) is 10.1. The number of anilines is 1. The van der Waals surface area contributed by atoms with Crippen molar-refractivity contribution in [2.45, 2.75) is 32.4 Å². The van der Waals surface area contributed by atoms with Crippen molar-refractivity contribution >= 4 is 38.9 Å². The second-order valence-electron chi connectivity index (χ2n) is 6.28. The molecule has 4 nitrogen and oxygen atoms in total. The molecule has 0 bridgehead atoms. The van der Waals surface area contributed by atoms with E-state index >= 15 is 0 Å². The SMILES string of the molecule is C[C@@H]1Cc2cc(Br)sc2[C@H](C)N1CCNC(=O)c1ccc(N)cc1. The van der Waals surface area contributed by atoms with E-state index in [1.54, 1.807) is 24.3 Å². The molecule has 3 rings (SSSR count). The molecule has 0 radical (unpaired) electrons. The first-order chi connectivity index (χ1) is 11.5. The number of carbonyl (C=O) groups is 1. The Labute approximate surface area is 155 Å². The van der Waals surface area contributed by atoms with Crippen LogP contribution in [0.2, 0.25) is 0 Å². The molecule has 1 aromatic heterocycles. The number of halogens is 1. The lowest BCUT2D eigenvalue weighted by molar-refractivity contribution is 0.0930. The summed E-state index contributed by atoms with van der Waals surface area (Å²) in [7, 11) is 0. The lowest BCUT2D eigenvalue weighted by Gasteiger charge is -2.38. The molecule has 1 amide bonds. The maximum atomic E-state index is 12.2. The number of benzene rings is 1. The van der Waals surface area contributed by atoms with Crippen molar-refractivity contribution in [1.29, 1.82) is 0 Å². The number of amides is 1. The van der Waals surface area contributed by atoms with Crippen LogP contribution in [0.25, 0.3) is 0 Å². The zero-order valence-electron chi connectivity index (χ0n) is 13.9. The van der Waals surface area contributed by atoms with Crippen molar-refractivity contribution in [3.63, 3.8) is 0 Å². The third-order valence-electron chi connectivity index (χ3n) is 4.60. The molecular weight excluding hydrogens is 386 g/mol. The molecule has 128 valence electrons. The summed E-state index contributed by atoms with van der Waals surface area (Å²) < 4.78 is 1.20. The Kier molecular flexibility index (Phi) is 5.27. The smallest absolute Gasteiger partial charge is 0.251 e. The standard InChI is InChI=1S/C18H22BrN3OS/c1-11-9-14-10-16(19)24-17(14)12(2)22(11)8-7-21-18(23)13-3-5-15(20)6-4-13/h3-6,10-12H,7-9,20H2,1-2H3,(H,21,23)/t11-,12+/m1/s1. The van der Waals surface area contributed by atoms with E-state index in [4.69, 9.17) is 5.73 Å². The largest absolute Gasteiger partial charge is 0.399 e. The Morgan fingerprint density at radius 2 is 2.08 bits per heavy atom. The van der Waals surface area contributed by atoms with Gasteiger partial charge >= 0.3 is 0 Å². The summed E-state index contributed by atoms with van der Waals surface area (Å²) in [5, 5.41) is 3.01. The summed E-state index contributed by atoms with van der Waals surface area (Å²) >= 11 is 5.41. The number of carbonyl (C=O) groups excluding carboxylic acids is 1. The highest BCUT2D eigenvalue weighted by Gasteiger charge is 2.30. The zero-order valence-corrected chi connectivity index (χ0v) is 16.3. The van der Waals surface area contributed by atoms with Gasteiger partial charge in [-0.05, 0) is 72.1 Å². The predicted molar refractivity (Wildman–Crippen MR) is 103 cm³/mol. The van der Waals surface area contributed by atoms with Crippen molar-refractivity contribution in [1.82, 2.24) is 10.2 Å². The minimum atomic E-state index is -0.0492. The first-order valence-electron chi connectivity index (χ1n) is 8.13. The molecule has 1 aromatic carbocycles. The number of rotatable bonds is 4. The van der Waals surface area contributed by atoms with Crippen molar-refractivity contribution in [2.24, 2.45) is 0 Å². The summed E-state index contributed by atoms with van der Waals surface area (Å²) in [5.74, 6) is -0.0492. The number of nitrogens with zero attached hydrogens (tertiary/aromatic N) is 1. The molecule has 6 heteroatoms. The first-order valence-corrected chi connectivity index (χ1v) is 9.74. The highest BCUT2D eigenvalue weighted by atomic mass is 79.9. The molecule has 3 N–H and O–H groups in total. The maximum absolute atomic E-state index is 12.2. The van der Waals surface area contributed by atoms with Crippen LogP contribution in [0.15, 0.2) is 34.1 Å². The fraction of sp³-hybridized carbons (Fsp3) is 0.389. The summed E-state index contributed by atoms with van der Waals surface area (Å²) in [5.41, 5.74) is 8.42. The van der Waals surface area contributed by atoms with Crippen LogP contribution in [0.4, 0.5) is 5.69 Å². The lowest BCUT2D eigenvalue weighted by atomic mass is 9.97. The molecule has 0 saturated carbocycles. The van der Waals surface area contributed by atoms with Crippen molar-refractivity contribution in [3.05, 3.63) is 50.1 Å². The Hall–Kier alpha value is -1.37. The van der Waals surface area contributed by atoms with Gasteiger partial charge in [-0.25, -0.2) is 0 Å². The number of nitrogens with one attached hydrogen (secondary N) is 1. The van der Waals surface area contributed by atoms with Gasteiger partial charge in [-0.15, -0.1) is 11.3 Å². The van der Waals surface area contributed by atoms with Crippen molar-refractivity contribution < 1.29 is 4.79 Å². The predicted octanol–water partition coefficient (Wildman–Crippen LogP) is 3.83. The van der Waals surface area contributed by atoms with Gasteiger partial charge in [-0.2, -0.15) is 0 Å². The van der Waals surface area contributed by atoms with Gasteiger partial charge in [0, 0.05) is 41.3 Å². The molecule has 0 unspecified atom stereocenters. The number of thiophene rings is 1. The van der Waals surface area contributed by atoms with Gasteiger partial charge in [0.15, 0.2) is 0 Å². The second kappa shape index (κ2) is 7.25. The highest BCUT2D eigenvalue weighted by Crippen LogP contribution is 2.39. The summed E-state index contributed by atoms with van der Waals surface area (Å²) in [6.45, 7) is 5.99. The average Bonchev–Trinajstić information content (AvgIpc) is 2.91. The van der Waals surface area contributed by atoms with Crippen LogP contribution in [0, 0.1) is 0 Å². The third kappa shape index (κ3) is 3.66. The van der Waals surface area contributed by atoms with Crippen LogP contribution in [0.5, 0.6) is 0 Å². The molecule has 24 heavy (non-hydrogen) atoms. The molecule has 2 aromatic rings. The Morgan fingerprint density at radius 1 is 1.38 bits per heavy atom. The van der Waals surface area contributed by atoms with Gasteiger partial charge < -0.3 is 11.1 Å². The van der Waals surface area contributed by atoms with Crippen LogP contribution in [-0.4, -0.2) is 29.9 Å². The van der Waals surface area contributed by atoms with Crippen LogP contribution >= 0.6 is 27.3 Å². The van der Waals surface area contributed by atoms with E-state index in [-0.39, 0.29) is 5.91 Å². The monoisotopic (exact) mass is 407 g/mol. The van der Waals surface area contributed by atoms with E-state index < -0.39 is 0 Å². The van der Waals surface area contributed by atoms with E-state index in [1.807, 2.05) is 11.3 Å². The van der Waals surface area contributed by atoms with E-state index in [0.717, 1.165) is 13.0 Å². The molecule has 1 aliphatic heterocycles. The Bertz CT molecular complexity index is 728. The number of nitrogen functional groups attached to an aromatic ring is 1. The van der Waals surface area contributed by atoms with Crippen molar-refractivity contribution in [2.75, 3.05) is 18.8 Å². The normalized spacial score (nSPS) is 20.6. The quantitative estimate of drug-likeness (QED) is 0.756. The van der Waals surface area contributed by atoms with Gasteiger partial charge in [0.1, 0.15) is 0 Å². The van der Waals surface area contributed by atoms with Gasteiger partial charge in [0.05, 0.1) is 3.79 Å². The number of hydrogen-bond donors (Lipinski definition) is 2. The molecule has 1 aliphatic rings. The molecular formula is C18H22BrN3OS. The zero-order chi connectivity index (χ0) is 17.3. The molecule has 2 heterocycles. The fourth-order valence-corrected chi connectivity index (χ4v) is 5.13. The fourth-order valence-electron chi connectivity index (χ4n) is 3.34. The van der Waals surface area contributed by atoms with Crippen molar-refractivity contribution in [3.8, 4) is 0 Å². The van der Waals surface area contributed by atoms with Crippen LogP contribution < -0.4 is 11.1 Å². The second-order valence-corrected chi connectivity index (χ2v) is 8.75. The molecule has 0 fully saturated rings. The molecule has 0 saturated heterocycles. The van der Waals surface area contributed by atoms with Gasteiger partial charge in [0.2, 0.25) is 0 Å². The number of hydrogen-bond acceptors (Lipinski definition) is 4. The minimum Gasteiger partial charge on any atom is -0.399 e. The first kappa shape index (κ1) is 17.5. The molecule has 2 atom stereocenters. The van der Waals surface area contributed by atoms with Crippen LogP contribution in [-0.2, 0) is 6.42 Å². The summed E-state index contributed by atoms with van der Waals surface area (Å²) in [4.78, 5) is 16.1. The van der Waals surface area contributed by atoms with Gasteiger partial charge in [0.25, 0.3) is 5.91 Å². The maximum Gasteiger partial charge on any atom is 0.251 e. The molecule has 0 aliphatic carbocycles. The van der Waals surface area contributed by atoms with Crippen LogP contribution in [0.3, 0.4) is 0 Å².